The van der Waals surface area contributed by atoms with E-state index in [1.165, 1.54) is 0 Å². The van der Waals surface area contributed by atoms with Gasteiger partial charge in [-0.3, -0.25) is 14.6 Å². The molecule has 0 bridgehead atoms. The molecule has 0 aliphatic rings. The summed E-state index contributed by atoms with van der Waals surface area (Å²) in [4.78, 5) is 37.0. The Morgan fingerprint density at radius 1 is 0.388 bits per heavy atom. The molecule has 6 heteroatoms. The van der Waals surface area contributed by atoms with Crippen LogP contribution in [0.2, 0.25) is 0 Å². The van der Waals surface area contributed by atoms with E-state index >= 15 is 0 Å². The lowest BCUT2D eigenvalue weighted by Crippen LogP contribution is -2.16. The molecule has 49 heavy (non-hydrogen) atoms. The Morgan fingerprint density at radius 3 is 1.08 bits per heavy atom. The highest BCUT2D eigenvalue weighted by molar-refractivity contribution is 6.08. The monoisotopic (exact) mass is 632 g/mol. The molecule has 6 nitrogen and oxygen atoms in total. The highest BCUT2D eigenvalue weighted by Gasteiger charge is 2.21. The Kier molecular flexibility index (Phi) is 6.66. The average molecular weight is 633 g/mol. The second kappa shape index (κ2) is 11.5. The van der Waals surface area contributed by atoms with Crippen LogP contribution >= 0.6 is 0 Å². The Hall–Kier alpha value is -6.79. The zero-order chi connectivity index (χ0) is 32.9. The van der Waals surface area contributed by atoms with Gasteiger partial charge in [0.05, 0.1) is 27.3 Å². The van der Waals surface area contributed by atoms with Crippen LogP contribution in [-0.4, -0.2) is 9.38 Å². The predicted molar refractivity (Wildman–Crippen MR) is 201 cm³/mol. The molecule has 6 aromatic carbocycles. The molecule has 0 fully saturated rings. The third-order valence-corrected chi connectivity index (χ3v) is 9.14. The van der Waals surface area contributed by atoms with Crippen molar-refractivity contribution in [2.24, 2.45) is 0 Å². The molecule has 0 N–H and O–H groups in total. The van der Waals surface area contributed by atoms with Gasteiger partial charge in [0, 0.05) is 57.3 Å². The number of nitrogens with zero attached hydrogens (tertiary/aromatic N) is 4. The van der Waals surface area contributed by atoms with E-state index in [0.717, 1.165) is 34.1 Å². The van der Waals surface area contributed by atoms with E-state index in [4.69, 9.17) is 0 Å². The van der Waals surface area contributed by atoms with Crippen LogP contribution in [0.5, 0.6) is 0 Å². The second-order valence-electron chi connectivity index (χ2n) is 12.0. The van der Waals surface area contributed by atoms with Gasteiger partial charge in [0.1, 0.15) is 0 Å². The van der Waals surface area contributed by atoms with Crippen LogP contribution in [0.25, 0.3) is 38.1 Å². The maximum atomic E-state index is 14.1. The predicted octanol–water partition coefficient (Wildman–Crippen LogP) is 9.89. The molecule has 0 spiro atoms. The van der Waals surface area contributed by atoms with Crippen molar-refractivity contribution < 1.29 is 0 Å². The van der Waals surface area contributed by atoms with E-state index in [-0.39, 0.29) is 10.9 Å². The van der Waals surface area contributed by atoms with Crippen LogP contribution in [0.3, 0.4) is 0 Å². The van der Waals surface area contributed by atoms with Crippen LogP contribution in [0, 0.1) is 0 Å². The Labute approximate surface area is 281 Å². The Morgan fingerprint density at radius 2 is 0.735 bits per heavy atom. The van der Waals surface area contributed by atoms with Gasteiger partial charge < -0.3 is 14.2 Å². The molecule has 9 aromatic rings. The number of hydrogen-bond acceptors (Lipinski definition) is 5. The Balaban J connectivity index is 1.40. The first kappa shape index (κ1) is 28.4. The third-order valence-electron chi connectivity index (χ3n) is 9.14. The van der Waals surface area contributed by atoms with Crippen molar-refractivity contribution in [1.29, 1.82) is 0 Å². The van der Waals surface area contributed by atoms with Crippen LogP contribution in [0.4, 0.5) is 34.1 Å². The number of rotatable bonds is 6. The van der Waals surface area contributed by atoms with Crippen LogP contribution in [-0.2, 0) is 0 Å². The summed E-state index contributed by atoms with van der Waals surface area (Å²) >= 11 is 0. The molecule has 0 unspecified atom stereocenters. The molecule has 9 rings (SSSR count). The molecule has 3 heterocycles. The average Bonchev–Trinajstić information content (AvgIpc) is 3.16. The maximum Gasteiger partial charge on any atom is 0.198 e. The zero-order valence-corrected chi connectivity index (χ0v) is 26.3. The fourth-order valence-corrected chi connectivity index (χ4v) is 6.96. The van der Waals surface area contributed by atoms with Crippen LogP contribution in [0.15, 0.2) is 180 Å². The van der Waals surface area contributed by atoms with Gasteiger partial charge in [-0.15, -0.1) is 0 Å². The lowest BCUT2D eigenvalue weighted by molar-refractivity contribution is 1.25. The van der Waals surface area contributed by atoms with E-state index in [0.29, 0.717) is 38.1 Å². The van der Waals surface area contributed by atoms with Crippen molar-refractivity contribution in [3.8, 4) is 0 Å². The number of fused-ring (bicyclic) bond motifs is 4. The lowest BCUT2D eigenvalue weighted by atomic mass is 10.0. The molecule has 0 atom stereocenters. The molecular weight excluding hydrogens is 604 g/mol. The van der Waals surface area contributed by atoms with Crippen molar-refractivity contribution in [3.05, 3.63) is 191 Å². The maximum absolute atomic E-state index is 14.1. The summed E-state index contributed by atoms with van der Waals surface area (Å²) in [6, 6.07) is 52.5. The van der Waals surface area contributed by atoms with E-state index in [9.17, 15) is 9.59 Å². The fraction of sp³-hybridized carbons (Fsp3) is 0. The van der Waals surface area contributed by atoms with E-state index in [1.54, 1.807) is 12.4 Å². The smallest absolute Gasteiger partial charge is 0.198 e. The summed E-state index contributed by atoms with van der Waals surface area (Å²) in [5.74, 6) is 0. The lowest BCUT2D eigenvalue weighted by Gasteiger charge is -2.27. The number of benzene rings is 6. The largest absolute Gasteiger partial charge is 0.310 e. The van der Waals surface area contributed by atoms with Crippen molar-refractivity contribution in [1.82, 2.24) is 9.38 Å². The van der Waals surface area contributed by atoms with Gasteiger partial charge in [-0.1, -0.05) is 72.8 Å². The number of para-hydroxylation sites is 4. The Bertz CT molecular complexity index is 2490. The van der Waals surface area contributed by atoms with E-state index in [2.05, 4.69) is 79.8 Å². The van der Waals surface area contributed by atoms with Crippen LogP contribution in [0.1, 0.15) is 0 Å². The molecule has 3 aromatic heterocycles. The summed E-state index contributed by atoms with van der Waals surface area (Å²) in [5, 5.41) is 1.91. The number of pyridine rings is 3. The summed E-state index contributed by atoms with van der Waals surface area (Å²) in [6.07, 6.45) is 3.15. The van der Waals surface area contributed by atoms with Gasteiger partial charge in [0.15, 0.2) is 10.9 Å². The summed E-state index contributed by atoms with van der Waals surface area (Å²) < 4.78 is 2.08. The summed E-state index contributed by atoms with van der Waals surface area (Å²) in [6.45, 7) is 0. The van der Waals surface area contributed by atoms with Gasteiger partial charge in [0.2, 0.25) is 0 Å². The van der Waals surface area contributed by atoms with E-state index in [1.807, 2.05) is 97.1 Å². The topological polar surface area (TPSA) is 57.9 Å². The number of anilines is 6. The minimum Gasteiger partial charge on any atom is -0.310 e. The van der Waals surface area contributed by atoms with Gasteiger partial charge in [0.25, 0.3) is 0 Å². The van der Waals surface area contributed by atoms with Crippen LogP contribution < -0.4 is 20.7 Å². The minimum atomic E-state index is -0.157. The molecule has 0 saturated heterocycles. The first-order valence-corrected chi connectivity index (χ1v) is 16.1. The van der Waals surface area contributed by atoms with Crippen molar-refractivity contribution in [2.75, 3.05) is 9.80 Å². The molecule has 0 aliphatic carbocycles. The normalized spacial score (nSPS) is 11.4. The quantitative estimate of drug-likeness (QED) is 0.135. The highest BCUT2D eigenvalue weighted by Crippen LogP contribution is 2.39. The summed E-state index contributed by atoms with van der Waals surface area (Å²) in [5.41, 5.74) is 7.37. The van der Waals surface area contributed by atoms with Crippen molar-refractivity contribution >= 4 is 72.2 Å². The molecule has 0 aliphatic heterocycles. The first-order valence-electron chi connectivity index (χ1n) is 16.1. The van der Waals surface area contributed by atoms with Gasteiger partial charge in [-0.05, 0) is 84.9 Å². The molecule has 0 radical (unpaired) electrons. The van der Waals surface area contributed by atoms with Crippen molar-refractivity contribution in [2.45, 2.75) is 0 Å². The van der Waals surface area contributed by atoms with Gasteiger partial charge in [-0.25, -0.2) is 0 Å². The standard InChI is InChI=1S/C43H28N4O2/c48-42-35-23-21-33(45(29-13-5-1-6-14-29)30-15-7-2-8-16-30)25-39(35)47-40-26-34(22-24-36(40)43(49)38-28-44-27-37(42)41(38)47)46(31-17-9-3-10-18-31)32-19-11-4-12-20-32/h1-28H. The third kappa shape index (κ3) is 4.61. The number of hydrogen-bond donors (Lipinski definition) is 0. The van der Waals surface area contributed by atoms with Gasteiger partial charge in [-0.2, -0.15) is 0 Å². The van der Waals surface area contributed by atoms with Crippen molar-refractivity contribution in [3.63, 3.8) is 0 Å². The van der Waals surface area contributed by atoms with E-state index < -0.39 is 0 Å². The molecule has 0 amide bonds. The second-order valence-corrected chi connectivity index (χ2v) is 12.0. The fourth-order valence-electron chi connectivity index (χ4n) is 6.96. The highest BCUT2D eigenvalue weighted by atomic mass is 16.1. The minimum absolute atomic E-state index is 0.157. The number of aromatic nitrogens is 2. The SMILES string of the molecule is O=c1c2ccc(N(c3ccccc3)c3ccccc3)cc2n2c3cc(N(c4ccccc4)c4ccccc4)ccc3c(=O)c3cncc1c32. The molecule has 232 valence electrons. The molecule has 0 saturated carbocycles. The van der Waals surface area contributed by atoms with Gasteiger partial charge >= 0.3 is 0 Å². The summed E-state index contributed by atoms with van der Waals surface area (Å²) in [7, 11) is 0. The first-order chi connectivity index (χ1) is 24.2. The zero-order valence-electron chi connectivity index (χ0n) is 26.3. The molecular formula is C43H28N4O2.